The van der Waals surface area contributed by atoms with E-state index in [9.17, 15) is 0 Å². The molecule has 0 aromatic heterocycles. The molecule has 0 radical (unpaired) electrons. The van der Waals surface area contributed by atoms with Gasteiger partial charge in [0.15, 0.2) is 0 Å². The van der Waals surface area contributed by atoms with Crippen LogP contribution in [-0.4, -0.2) is 5.43 Å². The van der Waals surface area contributed by atoms with Crippen LogP contribution in [-0.2, 0) is 34.2 Å². The Morgan fingerprint density at radius 1 is 0.640 bits per heavy atom. The molecule has 0 spiro atoms. The third kappa shape index (κ3) is 10.2. The molecule has 1 fully saturated rings. The monoisotopic (exact) mass is 794 g/mol. The van der Waals surface area contributed by atoms with Crippen LogP contribution in [0.4, 0.5) is 0 Å². The van der Waals surface area contributed by atoms with Crippen LogP contribution in [0.1, 0.15) is 94.5 Å². The van der Waals surface area contributed by atoms with Gasteiger partial charge in [-0.1, -0.05) is 134 Å². The molecule has 7 rings (SSSR count). The molecule has 50 heavy (non-hydrogen) atoms. The standard InChI is InChI=1S/C23H25.C21H23.C2H6Si.2ClH.Zr/c1-23(2,3)20-12-10-17(11-13-20)21-9-5-8-18-14-19(15-22(18)21)16-6-4-7-16;1-14-12-19-15(2)6-11-18(20(19)13-14)16-7-9-17(10-8-16)21(3,4)5;1-3-2;;;/h5,8-16H,4,6-7H2,1-3H3;6-13H,1-5H3;1-2H3;2*1H;/q2*-1;;;;+2/p-2. The minimum Gasteiger partial charge on any atom is -1.00 e. The molecule has 0 heterocycles. The zero-order chi connectivity index (χ0) is 34.8. The van der Waals surface area contributed by atoms with E-state index in [0.717, 1.165) is 5.92 Å². The van der Waals surface area contributed by atoms with Crippen LogP contribution in [0.15, 0.2) is 103 Å². The first-order chi connectivity index (χ1) is 22.6. The molecule has 6 aromatic carbocycles. The minimum absolute atomic E-state index is 0. The van der Waals surface area contributed by atoms with Crippen molar-refractivity contribution in [3.05, 3.63) is 131 Å². The van der Waals surface area contributed by atoms with Gasteiger partial charge < -0.3 is 24.8 Å². The Labute approximate surface area is 330 Å². The summed E-state index contributed by atoms with van der Waals surface area (Å²) in [5, 5.41) is 5.56. The van der Waals surface area contributed by atoms with Gasteiger partial charge in [0.25, 0.3) is 0 Å². The molecule has 1 aliphatic rings. The summed E-state index contributed by atoms with van der Waals surface area (Å²) in [7, 11) is 0. The van der Waals surface area contributed by atoms with Gasteiger partial charge in [0.2, 0.25) is 0 Å². The van der Waals surface area contributed by atoms with E-state index in [0.29, 0.717) is 0 Å². The molecule has 4 heteroatoms. The van der Waals surface area contributed by atoms with Crippen molar-refractivity contribution in [1.29, 1.82) is 0 Å². The van der Waals surface area contributed by atoms with Crippen molar-refractivity contribution >= 4 is 27.0 Å². The van der Waals surface area contributed by atoms with E-state index in [4.69, 9.17) is 0 Å². The topological polar surface area (TPSA) is 0 Å². The molecule has 1 saturated carbocycles. The van der Waals surface area contributed by atoms with Crippen molar-refractivity contribution in [3.63, 3.8) is 0 Å². The van der Waals surface area contributed by atoms with E-state index in [1.165, 1.54) is 85.3 Å². The largest absolute Gasteiger partial charge is 1.00 e. The number of fused-ring (bicyclic) bond motifs is 2. The van der Waals surface area contributed by atoms with Crippen LogP contribution < -0.4 is 24.8 Å². The predicted molar refractivity (Wildman–Crippen MR) is 211 cm³/mol. The zero-order valence-corrected chi connectivity index (χ0v) is 36.7. The number of hydrogen-bond donors (Lipinski definition) is 0. The Morgan fingerprint density at radius 2 is 1.14 bits per heavy atom. The summed E-state index contributed by atoms with van der Waals surface area (Å²) < 4.78 is 0. The normalized spacial score (nSPS) is 12.9. The fourth-order valence-corrected chi connectivity index (χ4v) is 6.63. The molecular weight excluding hydrogens is 743 g/mol. The van der Waals surface area contributed by atoms with Crippen molar-refractivity contribution < 1.29 is 48.1 Å². The second-order valence-electron chi connectivity index (χ2n) is 16.2. The molecule has 0 nitrogen and oxygen atoms in total. The van der Waals surface area contributed by atoms with Crippen molar-refractivity contribution in [3.8, 4) is 22.3 Å². The quantitative estimate of drug-likeness (QED) is 0.127. The first-order valence-corrected chi connectivity index (χ1v) is 23.9. The number of aryl methyl sites for hydroxylation is 2. The Morgan fingerprint density at radius 3 is 1.60 bits per heavy atom. The summed E-state index contributed by atoms with van der Waals surface area (Å²) in [6.45, 7) is 22.6. The number of hydrogen-bond acceptors (Lipinski definition) is 0. The molecular formula is C46H54Cl2SiZr-2. The first kappa shape index (κ1) is 42.2. The van der Waals surface area contributed by atoms with Gasteiger partial charge in [0, 0.05) is 0 Å². The molecule has 0 amide bonds. The zero-order valence-electron chi connectivity index (χ0n) is 31.8. The average molecular weight is 797 g/mol. The van der Waals surface area contributed by atoms with Crippen LogP contribution >= 0.6 is 0 Å². The molecule has 0 atom stereocenters. The van der Waals surface area contributed by atoms with Crippen LogP contribution in [0.3, 0.4) is 0 Å². The molecule has 0 bridgehead atoms. The fourth-order valence-electron chi connectivity index (χ4n) is 6.63. The fraction of sp³-hybridized carbons (Fsp3) is 0.348. The van der Waals surface area contributed by atoms with Crippen LogP contribution in [0.25, 0.3) is 43.8 Å². The van der Waals surface area contributed by atoms with E-state index < -0.39 is 0 Å². The Kier molecular flexibility index (Phi) is 14.8. The molecule has 6 aromatic rings. The Balaban J connectivity index is 0.000000237. The molecule has 0 aliphatic heterocycles. The number of rotatable bonds is 3. The summed E-state index contributed by atoms with van der Waals surface area (Å²) in [6, 6.07) is 38.8. The molecule has 0 unspecified atom stereocenters. The average Bonchev–Trinajstić information content (AvgIpc) is 3.59. The number of halogens is 2. The van der Waals surface area contributed by atoms with Gasteiger partial charge in [-0.25, -0.2) is 0 Å². The van der Waals surface area contributed by atoms with E-state index in [2.05, 4.69) is 172 Å². The Bertz CT molecular complexity index is 2000. The molecule has 1 aliphatic carbocycles. The summed E-state index contributed by atoms with van der Waals surface area (Å²) in [4.78, 5) is 0. The smallest absolute Gasteiger partial charge is 0.0132 e. The second kappa shape index (κ2) is 17.5. The molecule has 262 valence electrons. The third-order valence-electron chi connectivity index (χ3n) is 9.72. The van der Waals surface area contributed by atoms with E-state index in [-0.39, 0.29) is 41.1 Å². The minimum atomic E-state index is 0. The van der Waals surface area contributed by atoms with Crippen molar-refractivity contribution in [2.24, 2.45) is 0 Å². The summed E-state index contributed by atoms with van der Waals surface area (Å²) >= 11 is 1.74. The summed E-state index contributed by atoms with van der Waals surface area (Å²) in [5.74, 6) is 0.804. The maximum atomic E-state index is 2.44. The van der Waals surface area contributed by atoms with Gasteiger partial charge in [-0.2, -0.15) is 12.1 Å². The van der Waals surface area contributed by atoms with Gasteiger partial charge in [0.05, 0.1) is 0 Å². The van der Waals surface area contributed by atoms with E-state index in [1.54, 1.807) is 28.9 Å². The molecule has 0 N–H and O–H groups in total. The van der Waals surface area contributed by atoms with Crippen molar-refractivity contribution in [1.82, 2.24) is 0 Å². The maximum absolute atomic E-state index is 2.44. The number of benzene rings is 4. The predicted octanol–water partition coefficient (Wildman–Crippen LogP) is 7.72. The second-order valence-corrected chi connectivity index (χ2v) is 25.5. The Hall–Kier alpha value is -2.22. The van der Waals surface area contributed by atoms with Gasteiger partial charge >= 0.3 is 41.9 Å². The van der Waals surface area contributed by atoms with Crippen LogP contribution in [0.5, 0.6) is 0 Å². The summed E-state index contributed by atoms with van der Waals surface area (Å²) in [6.07, 6.45) is 4.13. The van der Waals surface area contributed by atoms with Crippen LogP contribution in [0, 0.1) is 13.8 Å². The SMILES string of the molecule is CC(C)(C)c1ccc(-c2cccc3[cH-]c(C4CCC4)cc23)cc1.C[Si](C)=[Zr+2].Cc1cc2c(-c3ccc(C(C)(C)C)cc3)ccc(C)c2[cH-]1.[Cl-].[Cl-]. The third-order valence-corrected chi connectivity index (χ3v) is 9.72. The molecule has 0 saturated heterocycles. The van der Waals surface area contributed by atoms with Gasteiger partial charge in [0.1, 0.15) is 0 Å². The summed E-state index contributed by atoms with van der Waals surface area (Å²) in [5.41, 5.74) is 13.0. The van der Waals surface area contributed by atoms with E-state index >= 15 is 0 Å². The van der Waals surface area contributed by atoms with Gasteiger partial charge in [-0.15, -0.1) is 68.6 Å². The van der Waals surface area contributed by atoms with E-state index in [1.807, 2.05) is 0 Å². The van der Waals surface area contributed by atoms with Gasteiger partial charge in [-0.3, -0.25) is 0 Å². The maximum Gasteiger partial charge on any atom is -0.0132 e. The first-order valence-electron chi connectivity index (χ1n) is 17.7. The van der Waals surface area contributed by atoms with Crippen molar-refractivity contribution in [2.75, 3.05) is 0 Å². The van der Waals surface area contributed by atoms with Crippen molar-refractivity contribution in [2.45, 2.75) is 104 Å². The van der Waals surface area contributed by atoms with Crippen LogP contribution in [0.2, 0.25) is 13.1 Å². The van der Waals surface area contributed by atoms with Gasteiger partial charge in [-0.05, 0) is 51.8 Å².